The zero-order valence-electron chi connectivity index (χ0n) is 13.9. The van der Waals surface area contributed by atoms with Crippen LogP contribution in [0.3, 0.4) is 0 Å². The Kier molecular flexibility index (Phi) is 7.71. The standard InChI is InChI=1S/C17H26N2O4/c1-11(2)9-14(19-16(21)15(18)12(3)20)17(22)23-10-13-7-5-4-6-8-13/h4-8,11-12,14-15,20H,9-10,18H2,1-3H3,(H,19,21)/t12-,14+,15+/m1/s1. The Bertz CT molecular complexity index is 503. The van der Waals surface area contributed by atoms with Gasteiger partial charge in [0.15, 0.2) is 0 Å². The molecule has 0 bridgehead atoms. The highest BCUT2D eigenvalue weighted by Gasteiger charge is 2.27. The average molecular weight is 322 g/mol. The van der Waals surface area contributed by atoms with Crippen molar-refractivity contribution in [2.75, 3.05) is 0 Å². The van der Waals surface area contributed by atoms with E-state index in [1.807, 2.05) is 44.2 Å². The summed E-state index contributed by atoms with van der Waals surface area (Å²) < 4.78 is 5.28. The van der Waals surface area contributed by atoms with Crippen molar-refractivity contribution >= 4 is 11.9 Å². The van der Waals surface area contributed by atoms with Crippen molar-refractivity contribution in [1.29, 1.82) is 0 Å². The van der Waals surface area contributed by atoms with Crippen molar-refractivity contribution in [1.82, 2.24) is 5.32 Å². The second kappa shape index (κ2) is 9.27. The first-order chi connectivity index (χ1) is 10.8. The van der Waals surface area contributed by atoms with Crippen LogP contribution >= 0.6 is 0 Å². The minimum Gasteiger partial charge on any atom is -0.459 e. The molecule has 6 nitrogen and oxygen atoms in total. The number of hydrogen-bond donors (Lipinski definition) is 3. The Morgan fingerprint density at radius 1 is 1.22 bits per heavy atom. The number of nitrogens with one attached hydrogen (secondary N) is 1. The van der Waals surface area contributed by atoms with Crippen molar-refractivity contribution in [3.05, 3.63) is 35.9 Å². The van der Waals surface area contributed by atoms with Gasteiger partial charge in [0.2, 0.25) is 5.91 Å². The molecule has 4 N–H and O–H groups in total. The number of ether oxygens (including phenoxy) is 1. The molecule has 0 radical (unpaired) electrons. The predicted octanol–water partition coefficient (Wildman–Crippen LogP) is 0.969. The van der Waals surface area contributed by atoms with E-state index in [4.69, 9.17) is 10.5 Å². The smallest absolute Gasteiger partial charge is 0.328 e. The summed E-state index contributed by atoms with van der Waals surface area (Å²) in [6.07, 6.45) is -0.554. The third-order valence-corrected chi connectivity index (χ3v) is 3.35. The van der Waals surface area contributed by atoms with Crippen LogP contribution in [0.2, 0.25) is 0 Å². The lowest BCUT2D eigenvalue weighted by atomic mass is 10.0. The summed E-state index contributed by atoms with van der Waals surface area (Å²) >= 11 is 0. The quantitative estimate of drug-likeness (QED) is 0.619. The summed E-state index contributed by atoms with van der Waals surface area (Å²) in [6, 6.07) is 7.45. The van der Waals surface area contributed by atoms with Gasteiger partial charge in [0, 0.05) is 0 Å². The number of carbonyl (C=O) groups is 2. The van der Waals surface area contributed by atoms with Crippen LogP contribution in [0.25, 0.3) is 0 Å². The van der Waals surface area contributed by atoms with Gasteiger partial charge in [0.1, 0.15) is 18.7 Å². The molecule has 0 heterocycles. The maximum atomic E-state index is 12.2. The molecule has 0 unspecified atom stereocenters. The number of rotatable bonds is 8. The summed E-state index contributed by atoms with van der Waals surface area (Å²) in [5.41, 5.74) is 6.46. The minimum absolute atomic E-state index is 0.145. The normalized spacial score (nSPS) is 14.9. The fourth-order valence-electron chi connectivity index (χ4n) is 2.00. The molecule has 0 saturated carbocycles. The molecule has 0 saturated heterocycles. The van der Waals surface area contributed by atoms with E-state index in [0.717, 1.165) is 5.56 Å². The van der Waals surface area contributed by atoms with E-state index in [0.29, 0.717) is 6.42 Å². The van der Waals surface area contributed by atoms with E-state index in [1.54, 1.807) is 0 Å². The third kappa shape index (κ3) is 6.80. The van der Waals surface area contributed by atoms with Gasteiger partial charge in [-0.3, -0.25) is 4.79 Å². The number of hydrogen-bond acceptors (Lipinski definition) is 5. The Hall–Kier alpha value is -1.92. The molecule has 0 aliphatic carbocycles. The van der Waals surface area contributed by atoms with Crippen LogP contribution in [-0.4, -0.2) is 35.2 Å². The van der Waals surface area contributed by atoms with Gasteiger partial charge in [-0.1, -0.05) is 44.2 Å². The van der Waals surface area contributed by atoms with Gasteiger partial charge >= 0.3 is 5.97 Å². The SMILES string of the molecule is CC(C)C[C@H](NC(=O)[C@@H](N)[C@@H](C)O)C(=O)OCc1ccccc1. The van der Waals surface area contributed by atoms with E-state index in [1.165, 1.54) is 6.92 Å². The molecule has 1 rings (SSSR count). The van der Waals surface area contributed by atoms with Gasteiger partial charge in [0.25, 0.3) is 0 Å². The van der Waals surface area contributed by atoms with E-state index in [9.17, 15) is 14.7 Å². The number of aliphatic hydroxyl groups excluding tert-OH is 1. The van der Waals surface area contributed by atoms with Gasteiger partial charge in [-0.2, -0.15) is 0 Å². The number of nitrogens with two attached hydrogens (primary N) is 1. The zero-order chi connectivity index (χ0) is 17.4. The lowest BCUT2D eigenvalue weighted by Crippen LogP contribution is -2.52. The van der Waals surface area contributed by atoms with E-state index < -0.39 is 30.1 Å². The number of esters is 1. The maximum Gasteiger partial charge on any atom is 0.328 e. The van der Waals surface area contributed by atoms with Crippen LogP contribution in [0, 0.1) is 5.92 Å². The van der Waals surface area contributed by atoms with Gasteiger partial charge in [-0.15, -0.1) is 0 Å². The molecule has 128 valence electrons. The Morgan fingerprint density at radius 2 is 1.83 bits per heavy atom. The van der Waals surface area contributed by atoms with E-state index >= 15 is 0 Å². The van der Waals surface area contributed by atoms with Crippen LogP contribution in [0.15, 0.2) is 30.3 Å². The van der Waals surface area contributed by atoms with Crippen LogP contribution in [0.5, 0.6) is 0 Å². The highest BCUT2D eigenvalue weighted by Crippen LogP contribution is 2.09. The summed E-state index contributed by atoms with van der Waals surface area (Å²) in [5, 5.41) is 11.9. The molecule has 0 aromatic heterocycles. The summed E-state index contributed by atoms with van der Waals surface area (Å²) in [7, 11) is 0. The first-order valence-electron chi connectivity index (χ1n) is 7.75. The van der Waals surface area contributed by atoms with Crippen LogP contribution in [-0.2, 0) is 20.9 Å². The lowest BCUT2D eigenvalue weighted by molar-refractivity contribution is -0.150. The van der Waals surface area contributed by atoms with Crippen molar-refractivity contribution in [2.24, 2.45) is 11.7 Å². The number of benzene rings is 1. The molecule has 23 heavy (non-hydrogen) atoms. The minimum atomic E-state index is -1.08. The number of aliphatic hydroxyl groups is 1. The Balaban J connectivity index is 2.65. The molecule has 0 fully saturated rings. The summed E-state index contributed by atoms with van der Waals surface area (Å²) in [6.45, 7) is 5.46. The second-order valence-corrected chi connectivity index (χ2v) is 6.05. The molecule has 1 aromatic carbocycles. The topological polar surface area (TPSA) is 102 Å². The average Bonchev–Trinajstić information content (AvgIpc) is 2.51. The highest BCUT2D eigenvalue weighted by molar-refractivity contribution is 5.87. The molecule has 0 spiro atoms. The predicted molar refractivity (Wildman–Crippen MR) is 87.3 cm³/mol. The molecule has 6 heteroatoms. The van der Waals surface area contributed by atoms with E-state index in [-0.39, 0.29) is 12.5 Å². The van der Waals surface area contributed by atoms with Gasteiger partial charge in [0.05, 0.1) is 6.10 Å². The largest absolute Gasteiger partial charge is 0.459 e. The Labute approximate surface area is 137 Å². The van der Waals surface area contributed by atoms with Crippen molar-refractivity contribution in [3.63, 3.8) is 0 Å². The van der Waals surface area contributed by atoms with Crippen LogP contribution < -0.4 is 11.1 Å². The van der Waals surface area contributed by atoms with Gasteiger partial charge in [-0.05, 0) is 24.8 Å². The molecule has 0 aliphatic rings. The summed E-state index contributed by atoms with van der Waals surface area (Å²) in [4.78, 5) is 24.2. The first kappa shape index (κ1) is 19.1. The fourth-order valence-corrected chi connectivity index (χ4v) is 2.00. The maximum absolute atomic E-state index is 12.2. The van der Waals surface area contributed by atoms with Crippen LogP contribution in [0.4, 0.5) is 0 Å². The summed E-state index contributed by atoms with van der Waals surface area (Å²) in [5.74, 6) is -0.886. The molecule has 1 amide bonds. The van der Waals surface area contributed by atoms with Gasteiger partial charge < -0.3 is 20.9 Å². The fraction of sp³-hybridized carbons (Fsp3) is 0.529. The van der Waals surface area contributed by atoms with E-state index in [2.05, 4.69) is 5.32 Å². The third-order valence-electron chi connectivity index (χ3n) is 3.35. The molecule has 0 aliphatic heterocycles. The Morgan fingerprint density at radius 3 is 2.35 bits per heavy atom. The van der Waals surface area contributed by atoms with Gasteiger partial charge in [-0.25, -0.2) is 4.79 Å². The number of amides is 1. The number of carbonyl (C=O) groups excluding carboxylic acids is 2. The second-order valence-electron chi connectivity index (χ2n) is 6.05. The van der Waals surface area contributed by atoms with Crippen molar-refractivity contribution < 1.29 is 19.4 Å². The molecular formula is C17H26N2O4. The van der Waals surface area contributed by atoms with Crippen LogP contribution in [0.1, 0.15) is 32.8 Å². The first-order valence-corrected chi connectivity index (χ1v) is 7.75. The lowest BCUT2D eigenvalue weighted by Gasteiger charge is -2.22. The molecule has 1 aromatic rings. The highest BCUT2D eigenvalue weighted by atomic mass is 16.5. The van der Waals surface area contributed by atoms with Crippen molar-refractivity contribution in [3.8, 4) is 0 Å². The molecule has 3 atom stereocenters. The molecular weight excluding hydrogens is 296 g/mol. The van der Waals surface area contributed by atoms with Crippen molar-refractivity contribution in [2.45, 2.75) is 52.0 Å². The monoisotopic (exact) mass is 322 g/mol. The zero-order valence-corrected chi connectivity index (χ0v) is 13.9.